The third-order valence-corrected chi connectivity index (χ3v) is 6.80. The van der Waals surface area contributed by atoms with Crippen LogP contribution in [-0.4, -0.2) is 72.0 Å². The van der Waals surface area contributed by atoms with Gasteiger partial charge in [0.25, 0.3) is 5.91 Å². The van der Waals surface area contributed by atoms with Crippen LogP contribution >= 0.6 is 0 Å². The van der Waals surface area contributed by atoms with Gasteiger partial charge in [-0.25, -0.2) is 0 Å². The van der Waals surface area contributed by atoms with E-state index in [1.165, 1.54) is 0 Å². The molecular formula is C27H42N2O4. The fourth-order valence-corrected chi connectivity index (χ4v) is 4.71. The Kier molecular flexibility index (Phi) is 7.90. The number of nitrogens with zero attached hydrogens (tertiary/aromatic N) is 2. The molecule has 2 aliphatic heterocycles. The molecule has 0 aliphatic carbocycles. The lowest BCUT2D eigenvalue weighted by molar-refractivity contribution is -0.175. The topological polar surface area (TPSA) is 59.1 Å². The Labute approximate surface area is 199 Å². The first kappa shape index (κ1) is 25.7. The van der Waals surface area contributed by atoms with E-state index in [1.54, 1.807) is 0 Å². The Morgan fingerprint density at radius 1 is 1.21 bits per heavy atom. The summed E-state index contributed by atoms with van der Waals surface area (Å²) >= 11 is 0. The number of carbonyl (C=O) groups excluding carboxylic acids is 2. The maximum atomic E-state index is 13.2. The van der Waals surface area contributed by atoms with Crippen molar-refractivity contribution in [1.29, 1.82) is 0 Å². The Bertz CT molecular complexity index is 850. The number of amides is 1. The van der Waals surface area contributed by atoms with Crippen molar-refractivity contribution in [1.82, 2.24) is 9.80 Å². The van der Waals surface area contributed by atoms with Gasteiger partial charge in [-0.3, -0.25) is 14.5 Å². The van der Waals surface area contributed by atoms with Crippen LogP contribution in [0, 0.1) is 12.3 Å². The number of piperidine rings is 1. The number of hydrogen-bond donors (Lipinski definition) is 0. The van der Waals surface area contributed by atoms with Crippen molar-refractivity contribution in [3.8, 4) is 5.75 Å². The predicted octanol–water partition coefficient (Wildman–Crippen LogP) is 4.48. The van der Waals surface area contributed by atoms with Crippen molar-refractivity contribution in [3.05, 3.63) is 29.3 Å². The number of aryl methyl sites for hydroxylation is 1. The van der Waals surface area contributed by atoms with Crippen LogP contribution in [0.4, 0.5) is 0 Å². The molecule has 2 aliphatic rings. The number of hydrogen-bond acceptors (Lipinski definition) is 5. The van der Waals surface area contributed by atoms with Gasteiger partial charge in [0.15, 0.2) is 5.78 Å². The highest BCUT2D eigenvalue weighted by molar-refractivity contribution is 5.94. The standard InChI is InChI=1S/C27H42N2O4/c1-8-22-16-28(17-24(30)26(5,6)7)18-27(33-22)11-13-29(14-12-27)25(31)21-9-10-23(20(4)15-21)32-19(2)3/h9-10,15,19,22H,8,11-14,16-18H2,1-7H3. The summed E-state index contributed by atoms with van der Waals surface area (Å²) in [5.41, 5.74) is 1.06. The second-order valence-corrected chi connectivity index (χ2v) is 11.1. The monoisotopic (exact) mass is 458 g/mol. The highest BCUT2D eigenvalue weighted by Gasteiger charge is 2.44. The minimum atomic E-state index is -0.336. The van der Waals surface area contributed by atoms with Crippen molar-refractivity contribution in [3.63, 3.8) is 0 Å². The van der Waals surface area contributed by atoms with Gasteiger partial charge in [0.1, 0.15) is 5.75 Å². The summed E-state index contributed by atoms with van der Waals surface area (Å²) in [4.78, 5) is 30.1. The van der Waals surface area contributed by atoms with E-state index in [9.17, 15) is 9.59 Å². The van der Waals surface area contributed by atoms with Gasteiger partial charge in [-0.1, -0.05) is 27.7 Å². The smallest absolute Gasteiger partial charge is 0.253 e. The van der Waals surface area contributed by atoms with E-state index in [0.29, 0.717) is 25.2 Å². The lowest BCUT2D eigenvalue weighted by atomic mass is 9.86. The zero-order valence-electron chi connectivity index (χ0n) is 21.6. The third kappa shape index (κ3) is 6.36. The van der Waals surface area contributed by atoms with Crippen LogP contribution in [0.5, 0.6) is 5.75 Å². The third-order valence-electron chi connectivity index (χ3n) is 6.80. The van der Waals surface area contributed by atoms with E-state index in [1.807, 2.05) is 64.6 Å². The van der Waals surface area contributed by atoms with Crippen LogP contribution in [0.25, 0.3) is 0 Å². The van der Waals surface area contributed by atoms with Gasteiger partial charge in [0.2, 0.25) is 0 Å². The lowest BCUT2D eigenvalue weighted by Gasteiger charge is -2.50. The van der Waals surface area contributed by atoms with E-state index in [0.717, 1.165) is 43.7 Å². The quantitative estimate of drug-likeness (QED) is 0.629. The summed E-state index contributed by atoms with van der Waals surface area (Å²) in [6.45, 7) is 17.4. The molecule has 2 fully saturated rings. The van der Waals surface area contributed by atoms with Crippen LogP contribution in [0.1, 0.15) is 76.7 Å². The summed E-state index contributed by atoms with van der Waals surface area (Å²) in [5.74, 6) is 1.15. The van der Waals surface area contributed by atoms with Crippen LogP contribution in [0.2, 0.25) is 0 Å². The highest BCUT2D eigenvalue weighted by atomic mass is 16.5. The molecule has 6 nitrogen and oxygen atoms in total. The van der Waals surface area contributed by atoms with Gasteiger partial charge in [0, 0.05) is 37.2 Å². The molecule has 1 aromatic rings. The molecule has 2 saturated heterocycles. The second kappa shape index (κ2) is 10.1. The van der Waals surface area contributed by atoms with E-state index >= 15 is 0 Å². The molecule has 1 aromatic carbocycles. The van der Waals surface area contributed by atoms with Gasteiger partial charge < -0.3 is 14.4 Å². The molecule has 0 bridgehead atoms. The van der Waals surface area contributed by atoms with Crippen molar-refractivity contribution < 1.29 is 19.1 Å². The first-order chi connectivity index (χ1) is 15.4. The number of rotatable bonds is 6. The molecule has 3 rings (SSSR count). The van der Waals surface area contributed by atoms with Gasteiger partial charge in [-0.2, -0.15) is 0 Å². The first-order valence-electron chi connectivity index (χ1n) is 12.4. The molecule has 6 heteroatoms. The minimum absolute atomic E-state index is 0.0617. The summed E-state index contributed by atoms with van der Waals surface area (Å²) in [7, 11) is 0. The second-order valence-electron chi connectivity index (χ2n) is 11.1. The van der Waals surface area contributed by atoms with Crippen LogP contribution in [0.3, 0.4) is 0 Å². The minimum Gasteiger partial charge on any atom is -0.491 e. The number of ether oxygens (including phenoxy) is 2. The number of benzene rings is 1. The first-order valence-corrected chi connectivity index (χ1v) is 12.4. The SMILES string of the molecule is CCC1CN(CC(=O)C(C)(C)C)CC2(CCN(C(=O)c3ccc(OC(C)C)c(C)c3)CC2)O1. The van der Waals surface area contributed by atoms with E-state index in [2.05, 4.69) is 11.8 Å². The molecule has 0 radical (unpaired) electrons. The molecule has 1 unspecified atom stereocenters. The fourth-order valence-electron chi connectivity index (χ4n) is 4.71. The number of likely N-dealkylation sites (tertiary alicyclic amines) is 1. The van der Waals surface area contributed by atoms with Crippen LogP contribution < -0.4 is 4.74 Å². The summed E-state index contributed by atoms with van der Waals surface area (Å²) in [5, 5.41) is 0. The molecular weight excluding hydrogens is 416 g/mol. The zero-order valence-corrected chi connectivity index (χ0v) is 21.6. The van der Waals surface area contributed by atoms with Gasteiger partial charge in [-0.15, -0.1) is 0 Å². The lowest BCUT2D eigenvalue weighted by Crippen LogP contribution is -2.61. The Morgan fingerprint density at radius 2 is 1.88 bits per heavy atom. The summed E-state index contributed by atoms with van der Waals surface area (Å²) in [6.07, 6.45) is 2.75. The fraction of sp³-hybridized carbons (Fsp3) is 0.704. The molecule has 184 valence electrons. The van der Waals surface area contributed by atoms with Crippen molar-refractivity contribution >= 4 is 11.7 Å². The highest BCUT2D eigenvalue weighted by Crippen LogP contribution is 2.34. The summed E-state index contributed by atoms with van der Waals surface area (Å²) < 4.78 is 12.4. The maximum absolute atomic E-state index is 13.2. The molecule has 2 heterocycles. The number of morpholine rings is 1. The number of Topliss-reactive ketones (excluding diaryl/α,β-unsaturated/α-hetero) is 1. The zero-order chi connectivity index (χ0) is 24.4. The summed E-state index contributed by atoms with van der Waals surface area (Å²) in [6, 6.07) is 5.68. The largest absolute Gasteiger partial charge is 0.491 e. The van der Waals surface area contributed by atoms with Gasteiger partial charge in [-0.05, 0) is 63.8 Å². The Morgan fingerprint density at radius 3 is 2.42 bits per heavy atom. The van der Waals surface area contributed by atoms with Gasteiger partial charge in [0.05, 0.1) is 24.4 Å². The van der Waals surface area contributed by atoms with Crippen molar-refractivity contribution in [2.75, 3.05) is 32.7 Å². The average molecular weight is 459 g/mol. The van der Waals surface area contributed by atoms with Gasteiger partial charge >= 0.3 is 0 Å². The predicted molar refractivity (Wildman–Crippen MR) is 131 cm³/mol. The van der Waals surface area contributed by atoms with Crippen molar-refractivity contribution in [2.45, 2.75) is 85.5 Å². The van der Waals surface area contributed by atoms with Crippen molar-refractivity contribution in [2.24, 2.45) is 5.41 Å². The van der Waals surface area contributed by atoms with E-state index < -0.39 is 0 Å². The van der Waals surface area contributed by atoms with E-state index in [-0.39, 0.29) is 34.9 Å². The molecule has 1 spiro atoms. The number of ketones is 1. The Hall–Kier alpha value is -1.92. The molecule has 33 heavy (non-hydrogen) atoms. The molecule has 0 N–H and O–H groups in total. The number of carbonyl (C=O) groups is 2. The molecule has 1 amide bonds. The molecule has 0 saturated carbocycles. The maximum Gasteiger partial charge on any atom is 0.253 e. The molecule has 0 aromatic heterocycles. The van der Waals surface area contributed by atoms with Crippen LogP contribution in [-0.2, 0) is 9.53 Å². The average Bonchev–Trinajstić information content (AvgIpc) is 2.74. The van der Waals surface area contributed by atoms with E-state index in [4.69, 9.17) is 9.47 Å². The normalized spacial score (nSPS) is 21.5. The Balaban J connectivity index is 1.65. The van der Waals surface area contributed by atoms with Crippen LogP contribution in [0.15, 0.2) is 18.2 Å². The molecule has 1 atom stereocenters.